The van der Waals surface area contributed by atoms with Crippen LogP contribution in [0.1, 0.15) is 24.0 Å². The third-order valence-electron chi connectivity index (χ3n) is 4.36. The molecule has 106 valence electrons. The fraction of sp³-hybridized carbons (Fsp3) is 0.333. The Morgan fingerprint density at radius 2 is 1.71 bits per heavy atom. The maximum absolute atomic E-state index is 7.66. The third kappa shape index (κ3) is 2.96. The van der Waals surface area contributed by atoms with Crippen molar-refractivity contribution < 1.29 is 0 Å². The summed E-state index contributed by atoms with van der Waals surface area (Å²) in [6, 6.07) is 14.5. The molecule has 0 radical (unpaired) electrons. The van der Waals surface area contributed by atoms with Gasteiger partial charge in [0.2, 0.25) is 0 Å². The van der Waals surface area contributed by atoms with Crippen LogP contribution in [-0.4, -0.2) is 23.0 Å². The molecule has 0 aliphatic carbocycles. The number of hydrogen-bond acceptors (Lipinski definition) is 2. The van der Waals surface area contributed by atoms with Crippen LogP contribution in [0.15, 0.2) is 54.9 Å². The summed E-state index contributed by atoms with van der Waals surface area (Å²) < 4.78 is 0. The van der Waals surface area contributed by atoms with E-state index in [1.807, 2.05) is 18.2 Å². The first kappa shape index (κ1) is 13.8. The summed E-state index contributed by atoms with van der Waals surface area (Å²) in [5.41, 5.74) is 2.11. The molecule has 1 aromatic heterocycles. The Morgan fingerprint density at radius 1 is 1.05 bits per heavy atom. The van der Waals surface area contributed by atoms with Crippen LogP contribution in [0.4, 0.5) is 0 Å². The first-order chi connectivity index (χ1) is 10.3. The average Bonchev–Trinajstić information content (AvgIpc) is 2.58. The lowest BCUT2D eigenvalue weighted by molar-refractivity contribution is 0.174. The second kappa shape index (κ2) is 6.07. The maximum Gasteiger partial charge on any atom is 0.260 e. The predicted molar refractivity (Wildman–Crippen MR) is 83.5 cm³/mol. The molecule has 1 aliphatic rings. The lowest BCUT2D eigenvalue weighted by Gasteiger charge is -2.34. The molecule has 0 saturated carbocycles. The number of pyridine rings is 1. The van der Waals surface area contributed by atoms with E-state index in [9.17, 15) is 0 Å². The van der Waals surface area contributed by atoms with E-state index in [-0.39, 0.29) is 5.54 Å². The second-order valence-electron chi connectivity index (χ2n) is 5.64. The van der Waals surface area contributed by atoms with Crippen molar-refractivity contribution in [2.24, 2.45) is 0 Å². The monoisotopic (exact) mass is 277 g/mol. The van der Waals surface area contributed by atoms with Crippen LogP contribution in [0.5, 0.6) is 0 Å². The number of aromatic nitrogens is 1. The van der Waals surface area contributed by atoms with Gasteiger partial charge < -0.3 is 4.85 Å². The molecule has 0 bridgehead atoms. The molecule has 0 spiro atoms. The molecule has 0 N–H and O–H groups in total. The molecule has 0 unspecified atom stereocenters. The molecule has 0 atom stereocenters. The lowest BCUT2D eigenvalue weighted by Crippen LogP contribution is -2.40. The van der Waals surface area contributed by atoms with Crippen LogP contribution >= 0.6 is 0 Å². The Balaban J connectivity index is 1.68. The van der Waals surface area contributed by atoms with Gasteiger partial charge in [-0.1, -0.05) is 30.3 Å². The Kier molecular flexibility index (Phi) is 3.98. The molecule has 1 aromatic carbocycles. The number of nitrogens with zero attached hydrogens (tertiary/aromatic N) is 3. The lowest BCUT2D eigenvalue weighted by atomic mass is 9.82. The minimum absolute atomic E-state index is 0.351. The standard InChI is InChI=1S/C18H19N3/c1-19-18(17-7-11-20-12-8-17)9-13-21(14-10-18)15-16-5-3-2-4-6-16/h2-8,11-12H,9-10,13-15H2. The van der Waals surface area contributed by atoms with Crippen molar-refractivity contribution in [2.75, 3.05) is 13.1 Å². The van der Waals surface area contributed by atoms with Crippen molar-refractivity contribution in [3.8, 4) is 0 Å². The molecule has 1 fully saturated rings. The number of likely N-dealkylation sites (tertiary alicyclic amines) is 1. The van der Waals surface area contributed by atoms with E-state index >= 15 is 0 Å². The van der Waals surface area contributed by atoms with Gasteiger partial charge in [-0.15, -0.1) is 0 Å². The Hall–Kier alpha value is -2.18. The zero-order valence-corrected chi connectivity index (χ0v) is 12.1. The van der Waals surface area contributed by atoms with Crippen molar-refractivity contribution in [3.05, 3.63) is 77.4 Å². The largest absolute Gasteiger partial charge is 0.305 e. The van der Waals surface area contributed by atoms with Gasteiger partial charge in [-0.25, -0.2) is 6.57 Å². The summed E-state index contributed by atoms with van der Waals surface area (Å²) in [5, 5.41) is 0. The Labute approximate surface area is 126 Å². The molecule has 21 heavy (non-hydrogen) atoms. The first-order valence-corrected chi connectivity index (χ1v) is 7.38. The average molecular weight is 277 g/mol. The van der Waals surface area contributed by atoms with Crippen molar-refractivity contribution in [2.45, 2.75) is 24.9 Å². The van der Waals surface area contributed by atoms with Crippen molar-refractivity contribution in [3.63, 3.8) is 0 Å². The normalized spacial score (nSPS) is 18.0. The molecule has 2 aromatic rings. The zero-order chi connectivity index (χ0) is 14.5. The van der Waals surface area contributed by atoms with E-state index in [2.05, 4.69) is 39.0 Å². The highest BCUT2D eigenvalue weighted by atomic mass is 15.1. The summed E-state index contributed by atoms with van der Waals surface area (Å²) in [4.78, 5) is 10.5. The SMILES string of the molecule is [C-]#[N+]C1(c2ccncc2)CCN(Cc2ccccc2)CC1. The van der Waals surface area contributed by atoms with E-state index in [0.29, 0.717) is 0 Å². The summed E-state index contributed by atoms with van der Waals surface area (Å²) >= 11 is 0. The number of rotatable bonds is 3. The predicted octanol–water partition coefficient (Wildman–Crippen LogP) is 3.49. The van der Waals surface area contributed by atoms with Gasteiger partial charge in [-0.3, -0.25) is 9.88 Å². The van der Waals surface area contributed by atoms with Gasteiger partial charge >= 0.3 is 0 Å². The van der Waals surface area contributed by atoms with Crippen LogP contribution < -0.4 is 0 Å². The molecule has 3 rings (SSSR count). The van der Waals surface area contributed by atoms with Crippen LogP contribution in [0, 0.1) is 6.57 Å². The minimum atomic E-state index is -0.351. The summed E-state index contributed by atoms with van der Waals surface area (Å²) in [7, 11) is 0. The van der Waals surface area contributed by atoms with Gasteiger partial charge in [-0.2, -0.15) is 0 Å². The first-order valence-electron chi connectivity index (χ1n) is 7.38. The van der Waals surface area contributed by atoms with E-state index in [4.69, 9.17) is 6.57 Å². The highest BCUT2D eigenvalue weighted by molar-refractivity contribution is 5.27. The number of benzene rings is 1. The molecule has 1 saturated heterocycles. The zero-order valence-electron chi connectivity index (χ0n) is 12.1. The molecule has 3 nitrogen and oxygen atoms in total. The molecular formula is C18H19N3. The van der Waals surface area contributed by atoms with Gasteiger partial charge in [0, 0.05) is 50.4 Å². The fourth-order valence-electron chi connectivity index (χ4n) is 3.05. The van der Waals surface area contributed by atoms with Gasteiger partial charge in [0.15, 0.2) is 0 Å². The Bertz CT molecular complexity index is 608. The van der Waals surface area contributed by atoms with E-state index < -0.39 is 0 Å². The minimum Gasteiger partial charge on any atom is -0.305 e. The Morgan fingerprint density at radius 3 is 2.33 bits per heavy atom. The van der Waals surface area contributed by atoms with Crippen LogP contribution in [-0.2, 0) is 12.1 Å². The highest BCUT2D eigenvalue weighted by Crippen LogP contribution is 2.37. The molecular weight excluding hydrogens is 258 g/mol. The third-order valence-corrected chi connectivity index (χ3v) is 4.36. The van der Waals surface area contributed by atoms with Crippen molar-refractivity contribution in [1.29, 1.82) is 0 Å². The van der Waals surface area contributed by atoms with E-state index in [1.165, 1.54) is 5.56 Å². The summed E-state index contributed by atoms with van der Waals surface area (Å²) in [6.07, 6.45) is 5.37. The van der Waals surface area contributed by atoms with Gasteiger partial charge in [0.05, 0.1) is 0 Å². The van der Waals surface area contributed by atoms with Crippen LogP contribution in [0.25, 0.3) is 4.85 Å². The molecule has 1 aliphatic heterocycles. The molecule has 0 amide bonds. The summed E-state index contributed by atoms with van der Waals surface area (Å²) in [5.74, 6) is 0. The van der Waals surface area contributed by atoms with Gasteiger partial charge in [-0.05, 0) is 17.7 Å². The van der Waals surface area contributed by atoms with Gasteiger partial charge in [0.25, 0.3) is 5.54 Å². The smallest absolute Gasteiger partial charge is 0.260 e. The van der Waals surface area contributed by atoms with Crippen molar-refractivity contribution in [1.82, 2.24) is 9.88 Å². The topological polar surface area (TPSA) is 20.5 Å². The van der Waals surface area contributed by atoms with Crippen LogP contribution in [0.2, 0.25) is 0 Å². The maximum atomic E-state index is 7.66. The van der Waals surface area contributed by atoms with E-state index in [1.54, 1.807) is 12.4 Å². The molecule has 2 heterocycles. The second-order valence-corrected chi connectivity index (χ2v) is 5.64. The quantitative estimate of drug-likeness (QED) is 0.800. The van der Waals surface area contributed by atoms with Crippen LogP contribution in [0.3, 0.4) is 0 Å². The number of piperidine rings is 1. The fourth-order valence-corrected chi connectivity index (χ4v) is 3.05. The van der Waals surface area contributed by atoms with Crippen molar-refractivity contribution >= 4 is 0 Å². The van der Waals surface area contributed by atoms with E-state index in [0.717, 1.165) is 38.0 Å². The summed E-state index contributed by atoms with van der Waals surface area (Å²) in [6.45, 7) is 10.6. The highest BCUT2D eigenvalue weighted by Gasteiger charge is 2.42. The molecule has 3 heteroatoms. The van der Waals surface area contributed by atoms with Gasteiger partial charge in [0.1, 0.15) is 0 Å². The number of hydrogen-bond donors (Lipinski definition) is 0.